The van der Waals surface area contributed by atoms with E-state index in [1.54, 1.807) is 4.90 Å². The van der Waals surface area contributed by atoms with Gasteiger partial charge in [0.05, 0.1) is 18.4 Å². The lowest BCUT2D eigenvalue weighted by atomic mass is 9.87. The number of carbonyl (C=O) groups excluding carboxylic acids is 1. The first-order chi connectivity index (χ1) is 9.11. The Morgan fingerprint density at radius 1 is 1.32 bits per heavy atom. The molecule has 1 atom stereocenters. The van der Waals surface area contributed by atoms with Gasteiger partial charge in [0.15, 0.2) is 0 Å². The Morgan fingerprint density at radius 2 is 1.95 bits per heavy atom. The number of nitriles is 1. The Labute approximate surface area is 115 Å². The monoisotopic (exact) mass is 258 g/mol. The minimum atomic E-state index is -0.125. The summed E-state index contributed by atoms with van der Waals surface area (Å²) in [5.41, 5.74) is 1.05. The van der Waals surface area contributed by atoms with E-state index in [2.05, 4.69) is 19.9 Å². The topological polar surface area (TPSA) is 44.1 Å². The molecule has 0 aliphatic heterocycles. The highest BCUT2D eigenvalue weighted by atomic mass is 16.2. The van der Waals surface area contributed by atoms with Crippen molar-refractivity contribution in [3.63, 3.8) is 0 Å². The summed E-state index contributed by atoms with van der Waals surface area (Å²) in [4.78, 5) is 14.4. The van der Waals surface area contributed by atoms with Crippen molar-refractivity contribution in [2.24, 2.45) is 5.92 Å². The number of hydrogen-bond donors (Lipinski definition) is 0. The third kappa shape index (κ3) is 4.10. The van der Waals surface area contributed by atoms with Crippen LogP contribution in [0.5, 0.6) is 0 Å². The molecule has 1 amide bonds. The Balaban J connectivity index is 2.93. The van der Waals surface area contributed by atoms with Gasteiger partial charge in [0, 0.05) is 13.1 Å². The lowest BCUT2D eigenvalue weighted by Gasteiger charge is -2.28. The van der Waals surface area contributed by atoms with Crippen molar-refractivity contribution >= 4 is 5.91 Å². The van der Waals surface area contributed by atoms with Gasteiger partial charge in [-0.25, -0.2) is 0 Å². The molecule has 1 aromatic carbocycles. The first-order valence-electron chi connectivity index (χ1n) is 6.82. The van der Waals surface area contributed by atoms with E-state index in [1.165, 1.54) is 0 Å². The van der Waals surface area contributed by atoms with Crippen molar-refractivity contribution in [2.45, 2.75) is 33.1 Å². The summed E-state index contributed by atoms with van der Waals surface area (Å²) < 4.78 is 0. The molecule has 0 heterocycles. The van der Waals surface area contributed by atoms with Gasteiger partial charge in [-0.2, -0.15) is 5.26 Å². The second-order valence-electron chi connectivity index (χ2n) is 4.96. The number of hydrogen-bond acceptors (Lipinski definition) is 2. The lowest BCUT2D eigenvalue weighted by molar-refractivity contribution is -0.133. The third-order valence-corrected chi connectivity index (χ3v) is 3.28. The van der Waals surface area contributed by atoms with E-state index in [-0.39, 0.29) is 17.7 Å². The Morgan fingerprint density at radius 3 is 2.42 bits per heavy atom. The smallest absolute Gasteiger partial charge is 0.230 e. The second-order valence-corrected chi connectivity index (χ2v) is 4.96. The van der Waals surface area contributed by atoms with E-state index < -0.39 is 0 Å². The molecule has 0 saturated carbocycles. The van der Waals surface area contributed by atoms with E-state index in [4.69, 9.17) is 5.26 Å². The Kier molecular flexibility index (Phi) is 6.08. The highest BCUT2D eigenvalue weighted by molar-refractivity contribution is 5.84. The van der Waals surface area contributed by atoms with Crippen LogP contribution in [0.3, 0.4) is 0 Å². The number of benzene rings is 1. The van der Waals surface area contributed by atoms with Gasteiger partial charge in [0.1, 0.15) is 0 Å². The zero-order valence-corrected chi connectivity index (χ0v) is 12.0. The van der Waals surface area contributed by atoms with Gasteiger partial charge < -0.3 is 4.90 Å². The van der Waals surface area contributed by atoms with Gasteiger partial charge in [-0.15, -0.1) is 0 Å². The van der Waals surface area contributed by atoms with Gasteiger partial charge >= 0.3 is 0 Å². The van der Waals surface area contributed by atoms with E-state index in [0.29, 0.717) is 19.5 Å². The molecule has 0 unspecified atom stereocenters. The molecular weight excluding hydrogens is 236 g/mol. The second kappa shape index (κ2) is 7.58. The van der Waals surface area contributed by atoms with Crippen molar-refractivity contribution in [1.29, 1.82) is 5.26 Å². The number of likely N-dealkylation sites (N-methyl/N-ethyl adjacent to an activating group) is 1. The largest absolute Gasteiger partial charge is 0.341 e. The van der Waals surface area contributed by atoms with E-state index in [9.17, 15) is 4.79 Å². The molecule has 0 spiro atoms. The average molecular weight is 258 g/mol. The third-order valence-electron chi connectivity index (χ3n) is 3.28. The van der Waals surface area contributed by atoms with Crippen LogP contribution in [0, 0.1) is 17.2 Å². The predicted molar refractivity (Wildman–Crippen MR) is 76.5 cm³/mol. The summed E-state index contributed by atoms with van der Waals surface area (Å²) in [5, 5.41) is 8.67. The minimum Gasteiger partial charge on any atom is -0.341 e. The van der Waals surface area contributed by atoms with Crippen LogP contribution in [-0.2, 0) is 4.79 Å². The fourth-order valence-corrected chi connectivity index (χ4v) is 2.28. The fourth-order valence-electron chi connectivity index (χ4n) is 2.28. The maximum absolute atomic E-state index is 12.6. The average Bonchev–Trinajstić information content (AvgIpc) is 2.40. The Hall–Kier alpha value is -1.82. The Bertz CT molecular complexity index is 434. The standard InChI is InChI=1S/C16H22N2O/c1-4-18(12-8-11-17)16(19)15(13(2)3)14-9-6-5-7-10-14/h5-7,9-10,13,15H,4,8,12H2,1-3H3/t15-/m0/s1. The van der Waals surface area contributed by atoms with Crippen molar-refractivity contribution in [2.75, 3.05) is 13.1 Å². The van der Waals surface area contributed by atoms with Crippen LogP contribution in [0.25, 0.3) is 0 Å². The molecule has 0 aromatic heterocycles. The van der Waals surface area contributed by atoms with E-state index in [1.807, 2.05) is 37.3 Å². The molecule has 0 radical (unpaired) electrons. The molecule has 0 N–H and O–H groups in total. The van der Waals surface area contributed by atoms with Crippen LogP contribution in [0.1, 0.15) is 38.7 Å². The maximum atomic E-state index is 12.6. The summed E-state index contributed by atoms with van der Waals surface area (Å²) >= 11 is 0. The van der Waals surface area contributed by atoms with Crippen LogP contribution in [0.15, 0.2) is 30.3 Å². The molecule has 19 heavy (non-hydrogen) atoms. The first kappa shape index (κ1) is 15.2. The van der Waals surface area contributed by atoms with Crippen molar-refractivity contribution < 1.29 is 4.79 Å². The van der Waals surface area contributed by atoms with Gasteiger partial charge in [-0.1, -0.05) is 44.2 Å². The maximum Gasteiger partial charge on any atom is 0.230 e. The van der Waals surface area contributed by atoms with Crippen LogP contribution < -0.4 is 0 Å². The predicted octanol–water partition coefficient (Wildman–Crippen LogP) is 3.19. The molecule has 0 aliphatic rings. The molecule has 0 saturated heterocycles. The first-order valence-corrected chi connectivity index (χ1v) is 6.82. The van der Waals surface area contributed by atoms with Gasteiger partial charge in [-0.05, 0) is 18.4 Å². The van der Waals surface area contributed by atoms with Crippen LogP contribution in [-0.4, -0.2) is 23.9 Å². The molecule has 3 heteroatoms. The summed E-state index contributed by atoms with van der Waals surface area (Å²) in [6, 6.07) is 12.0. The molecule has 1 aromatic rings. The highest BCUT2D eigenvalue weighted by Gasteiger charge is 2.27. The molecule has 0 fully saturated rings. The zero-order chi connectivity index (χ0) is 14.3. The minimum absolute atomic E-state index is 0.124. The van der Waals surface area contributed by atoms with Crippen LogP contribution >= 0.6 is 0 Å². The van der Waals surface area contributed by atoms with E-state index >= 15 is 0 Å². The van der Waals surface area contributed by atoms with Crippen LogP contribution in [0.2, 0.25) is 0 Å². The highest BCUT2D eigenvalue weighted by Crippen LogP contribution is 2.26. The fraction of sp³-hybridized carbons (Fsp3) is 0.500. The van der Waals surface area contributed by atoms with Crippen molar-refractivity contribution in [1.82, 2.24) is 4.90 Å². The molecule has 0 bridgehead atoms. The molecular formula is C16H22N2O. The molecule has 0 aliphatic carbocycles. The molecule has 3 nitrogen and oxygen atoms in total. The van der Waals surface area contributed by atoms with Gasteiger partial charge in [0.2, 0.25) is 5.91 Å². The van der Waals surface area contributed by atoms with Crippen molar-refractivity contribution in [3.8, 4) is 6.07 Å². The molecule has 102 valence electrons. The zero-order valence-electron chi connectivity index (χ0n) is 12.0. The number of nitrogens with zero attached hydrogens (tertiary/aromatic N) is 2. The molecule has 1 rings (SSSR count). The quantitative estimate of drug-likeness (QED) is 0.786. The summed E-state index contributed by atoms with van der Waals surface area (Å²) in [7, 11) is 0. The normalized spacial score (nSPS) is 11.9. The number of carbonyl (C=O) groups is 1. The number of amides is 1. The summed E-state index contributed by atoms with van der Waals surface area (Å²) in [5.74, 6) is 0.241. The van der Waals surface area contributed by atoms with Crippen LogP contribution in [0.4, 0.5) is 0 Å². The van der Waals surface area contributed by atoms with Crippen molar-refractivity contribution in [3.05, 3.63) is 35.9 Å². The van der Waals surface area contributed by atoms with E-state index in [0.717, 1.165) is 5.56 Å². The number of rotatable bonds is 6. The SMILES string of the molecule is CCN(CCC#N)C(=O)[C@H](c1ccccc1)C(C)C. The summed E-state index contributed by atoms with van der Waals surface area (Å²) in [6.07, 6.45) is 0.388. The lowest BCUT2D eigenvalue weighted by Crippen LogP contribution is -2.37. The van der Waals surface area contributed by atoms with Gasteiger partial charge in [-0.3, -0.25) is 4.79 Å². The van der Waals surface area contributed by atoms with Gasteiger partial charge in [0.25, 0.3) is 0 Å². The summed E-state index contributed by atoms with van der Waals surface area (Å²) in [6.45, 7) is 7.25.